The topological polar surface area (TPSA) is 39.9 Å². The molecule has 4 heteroatoms. The number of hydrogen-bond acceptors (Lipinski definition) is 3. The van der Waals surface area contributed by atoms with E-state index >= 15 is 0 Å². The Bertz CT molecular complexity index is 572. The Morgan fingerprint density at radius 3 is 2.78 bits per heavy atom. The highest BCUT2D eigenvalue weighted by Gasteiger charge is 2.03. The Morgan fingerprint density at radius 1 is 1.33 bits per heavy atom. The van der Waals surface area contributed by atoms with Crippen LogP contribution in [0.3, 0.4) is 0 Å². The van der Waals surface area contributed by atoms with Crippen LogP contribution in [0.4, 0.5) is 5.69 Å². The van der Waals surface area contributed by atoms with Crippen LogP contribution in [0.1, 0.15) is 11.3 Å². The molecule has 0 amide bonds. The van der Waals surface area contributed by atoms with Crippen LogP contribution in [0.2, 0.25) is 5.02 Å². The molecule has 1 aromatic carbocycles. The minimum Gasteiger partial charge on any atom is -0.369 e. The van der Waals surface area contributed by atoms with Crippen molar-refractivity contribution in [3.8, 4) is 6.07 Å². The molecule has 0 radical (unpaired) electrons. The summed E-state index contributed by atoms with van der Waals surface area (Å²) in [5.41, 5.74) is 2.53. The summed E-state index contributed by atoms with van der Waals surface area (Å²) < 4.78 is 0. The van der Waals surface area contributed by atoms with Gasteiger partial charge in [-0.2, -0.15) is 5.26 Å². The number of pyridine rings is 1. The maximum Gasteiger partial charge on any atom is 0.140 e. The van der Waals surface area contributed by atoms with Gasteiger partial charge in [-0.25, -0.2) is 4.98 Å². The fourth-order valence-electron chi connectivity index (χ4n) is 1.68. The van der Waals surface area contributed by atoms with Gasteiger partial charge in [0, 0.05) is 18.6 Å². The van der Waals surface area contributed by atoms with E-state index in [0.717, 1.165) is 22.8 Å². The number of halogens is 1. The molecule has 3 nitrogen and oxygen atoms in total. The van der Waals surface area contributed by atoms with Crippen molar-refractivity contribution in [2.75, 3.05) is 11.9 Å². The lowest BCUT2D eigenvalue weighted by Crippen LogP contribution is -2.16. The molecule has 0 N–H and O–H groups in total. The Hall–Kier alpha value is -2.05. The summed E-state index contributed by atoms with van der Waals surface area (Å²) in [5.74, 6) is 0. The standard InChI is InChI=1S/C14H12ClN3/c1-18(10-11-3-2-4-12(15)7-11)14-6-5-13(8-16)17-9-14/h2-7,9H,10H2,1H3. The molecule has 1 heterocycles. The molecule has 0 fully saturated rings. The van der Waals surface area contributed by atoms with Gasteiger partial charge in [-0.15, -0.1) is 0 Å². The van der Waals surface area contributed by atoms with E-state index < -0.39 is 0 Å². The van der Waals surface area contributed by atoms with Gasteiger partial charge in [-0.05, 0) is 29.8 Å². The normalized spacial score (nSPS) is 9.83. The zero-order chi connectivity index (χ0) is 13.0. The number of nitriles is 1. The molecule has 0 aliphatic carbocycles. The van der Waals surface area contributed by atoms with Gasteiger partial charge in [0.1, 0.15) is 11.8 Å². The second kappa shape index (κ2) is 5.52. The van der Waals surface area contributed by atoms with Gasteiger partial charge < -0.3 is 4.90 Å². The van der Waals surface area contributed by atoms with E-state index in [4.69, 9.17) is 16.9 Å². The van der Waals surface area contributed by atoms with E-state index in [-0.39, 0.29) is 0 Å². The summed E-state index contributed by atoms with van der Waals surface area (Å²) in [6.07, 6.45) is 1.70. The minimum atomic E-state index is 0.426. The summed E-state index contributed by atoms with van der Waals surface area (Å²) in [4.78, 5) is 6.10. The third kappa shape index (κ3) is 2.99. The van der Waals surface area contributed by atoms with Crippen molar-refractivity contribution in [3.05, 3.63) is 58.9 Å². The largest absolute Gasteiger partial charge is 0.369 e. The highest BCUT2D eigenvalue weighted by Crippen LogP contribution is 2.16. The second-order valence-electron chi connectivity index (χ2n) is 4.00. The quantitative estimate of drug-likeness (QED) is 0.847. The molecule has 1 aromatic heterocycles. The first-order chi connectivity index (χ1) is 8.69. The van der Waals surface area contributed by atoms with E-state index in [1.165, 1.54) is 0 Å². The van der Waals surface area contributed by atoms with Crippen LogP contribution in [0.5, 0.6) is 0 Å². The molecule has 2 rings (SSSR count). The van der Waals surface area contributed by atoms with E-state index in [1.807, 2.05) is 43.4 Å². The second-order valence-corrected chi connectivity index (χ2v) is 4.44. The first kappa shape index (κ1) is 12.4. The van der Waals surface area contributed by atoms with Crippen molar-refractivity contribution in [3.63, 3.8) is 0 Å². The number of aromatic nitrogens is 1. The molecule has 0 atom stereocenters. The number of anilines is 1. The zero-order valence-corrected chi connectivity index (χ0v) is 10.7. The van der Waals surface area contributed by atoms with Gasteiger partial charge in [-0.3, -0.25) is 0 Å². The van der Waals surface area contributed by atoms with E-state index in [0.29, 0.717) is 5.69 Å². The summed E-state index contributed by atoms with van der Waals surface area (Å²) in [6, 6.07) is 13.4. The molecule has 0 saturated carbocycles. The van der Waals surface area contributed by atoms with Crippen molar-refractivity contribution in [2.45, 2.75) is 6.54 Å². The van der Waals surface area contributed by atoms with Gasteiger partial charge in [-0.1, -0.05) is 23.7 Å². The Balaban J connectivity index is 2.12. The van der Waals surface area contributed by atoms with Crippen molar-refractivity contribution < 1.29 is 0 Å². The predicted molar refractivity (Wildman–Crippen MR) is 72.5 cm³/mol. The lowest BCUT2D eigenvalue weighted by Gasteiger charge is -2.19. The molecule has 0 spiro atoms. The summed E-state index contributed by atoms with van der Waals surface area (Å²) in [7, 11) is 1.98. The molecule has 0 aliphatic rings. The minimum absolute atomic E-state index is 0.426. The molecule has 0 saturated heterocycles. The lowest BCUT2D eigenvalue weighted by atomic mass is 10.2. The van der Waals surface area contributed by atoms with Gasteiger partial charge in [0.05, 0.1) is 11.9 Å². The third-order valence-electron chi connectivity index (χ3n) is 2.61. The van der Waals surface area contributed by atoms with Crippen LogP contribution in [0.25, 0.3) is 0 Å². The first-order valence-corrected chi connectivity index (χ1v) is 5.88. The van der Waals surface area contributed by atoms with E-state index in [2.05, 4.69) is 9.88 Å². The molecule has 2 aromatic rings. The number of rotatable bonds is 3. The molecule has 90 valence electrons. The van der Waals surface area contributed by atoms with Crippen molar-refractivity contribution in [2.24, 2.45) is 0 Å². The highest BCUT2D eigenvalue weighted by molar-refractivity contribution is 6.30. The number of nitrogens with zero attached hydrogens (tertiary/aromatic N) is 3. The van der Waals surface area contributed by atoms with Crippen molar-refractivity contribution in [1.82, 2.24) is 4.98 Å². The van der Waals surface area contributed by atoms with Crippen LogP contribution in [0, 0.1) is 11.3 Å². The molecular weight excluding hydrogens is 246 g/mol. The zero-order valence-electron chi connectivity index (χ0n) is 9.97. The SMILES string of the molecule is CN(Cc1cccc(Cl)c1)c1ccc(C#N)nc1. The monoisotopic (exact) mass is 257 g/mol. The average Bonchev–Trinajstić information content (AvgIpc) is 2.39. The fourth-order valence-corrected chi connectivity index (χ4v) is 1.89. The number of hydrogen-bond donors (Lipinski definition) is 0. The smallest absolute Gasteiger partial charge is 0.140 e. The Morgan fingerprint density at radius 2 is 2.17 bits per heavy atom. The number of benzene rings is 1. The van der Waals surface area contributed by atoms with E-state index in [9.17, 15) is 0 Å². The fraction of sp³-hybridized carbons (Fsp3) is 0.143. The van der Waals surface area contributed by atoms with Gasteiger partial charge in [0.15, 0.2) is 0 Å². The van der Waals surface area contributed by atoms with Gasteiger partial charge in [0.2, 0.25) is 0 Å². The molecular formula is C14H12ClN3. The van der Waals surface area contributed by atoms with Gasteiger partial charge >= 0.3 is 0 Å². The summed E-state index contributed by atoms with van der Waals surface area (Å²) in [6.45, 7) is 0.744. The highest BCUT2D eigenvalue weighted by atomic mass is 35.5. The van der Waals surface area contributed by atoms with Gasteiger partial charge in [0.25, 0.3) is 0 Å². The van der Waals surface area contributed by atoms with E-state index in [1.54, 1.807) is 12.3 Å². The van der Waals surface area contributed by atoms with Crippen LogP contribution in [-0.2, 0) is 6.54 Å². The average molecular weight is 258 g/mol. The summed E-state index contributed by atoms with van der Waals surface area (Å²) >= 11 is 5.95. The van der Waals surface area contributed by atoms with Crippen molar-refractivity contribution >= 4 is 17.3 Å². The summed E-state index contributed by atoms with van der Waals surface area (Å²) in [5, 5.41) is 9.43. The van der Waals surface area contributed by atoms with Crippen LogP contribution in [-0.4, -0.2) is 12.0 Å². The molecule has 18 heavy (non-hydrogen) atoms. The van der Waals surface area contributed by atoms with Crippen LogP contribution >= 0.6 is 11.6 Å². The third-order valence-corrected chi connectivity index (χ3v) is 2.85. The molecule has 0 bridgehead atoms. The molecule has 0 aliphatic heterocycles. The van der Waals surface area contributed by atoms with Crippen LogP contribution < -0.4 is 4.90 Å². The molecule has 0 unspecified atom stereocenters. The van der Waals surface area contributed by atoms with Crippen LogP contribution in [0.15, 0.2) is 42.6 Å². The van der Waals surface area contributed by atoms with Crippen molar-refractivity contribution in [1.29, 1.82) is 5.26 Å². The maximum atomic E-state index is 8.69. The maximum absolute atomic E-state index is 8.69. The Labute approximate surface area is 111 Å². The predicted octanol–water partition coefficient (Wildman–Crippen LogP) is 3.24. The Kier molecular flexibility index (Phi) is 3.81. The lowest BCUT2D eigenvalue weighted by molar-refractivity contribution is 0.917. The first-order valence-electron chi connectivity index (χ1n) is 5.51.